The number of rotatable bonds is 10. The number of Topliss-reactive ketones (excluding diaryl/α,β-unsaturated/α-hetero) is 2. The second-order valence-electron chi connectivity index (χ2n) is 12.6. The summed E-state index contributed by atoms with van der Waals surface area (Å²) in [6, 6.07) is 3.55. The SMILES string of the molecule is CC\C=C/C(C(=C\CC)/c1ccc(O)c2c1C[C@@]1(N)C[C@H]3CC(=O)C(C(N)=O)=C(O)[C@@]3(O)C(=O)C1=C2O)=C(\C)CCNC(C)C. The van der Waals surface area contributed by atoms with E-state index in [0.717, 1.165) is 41.7 Å². The lowest BCUT2D eigenvalue weighted by Gasteiger charge is -2.50. The Bertz CT molecular complexity index is 1600. The van der Waals surface area contributed by atoms with E-state index in [-0.39, 0.29) is 29.7 Å². The Kier molecular flexibility index (Phi) is 9.63. The molecule has 0 heterocycles. The number of carbonyl (C=O) groups excluding carboxylic acids is 3. The Labute approximate surface area is 263 Å². The number of amides is 1. The molecule has 10 heteroatoms. The van der Waals surface area contributed by atoms with E-state index >= 15 is 0 Å². The fourth-order valence-electron chi connectivity index (χ4n) is 6.94. The quantitative estimate of drug-likeness (QED) is 0.150. The molecule has 3 aliphatic carbocycles. The molecule has 9 N–H and O–H groups in total. The molecule has 242 valence electrons. The summed E-state index contributed by atoms with van der Waals surface area (Å²) in [7, 11) is 0. The third kappa shape index (κ3) is 5.78. The van der Waals surface area contributed by atoms with Gasteiger partial charge in [0.1, 0.15) is 22.8 Å². The Hall–Kier alpha value is -3.99. The van der Waals surface area contributed by atoms with Crippen molar-refractivity contribution in [2.75, 3.05) is 6.54 Å². The number of fused-ring (bicyclic) bond motifs is 3. The summed E-state index contributed by atoms with van der Waals surface area (Å²) in [5.41, 5.74) is 11.0. The van der Waals surface area contributed by atoms with Crippen LogP contribution in [0.1, 0.15) is 83.4 Å². The van der Waals surface area contributed by atoms with Crippen LogP contribution in [0, 0.1) is 5.92 Å². The fourth-order valence-corrected chi connectivity index (χ4v) is 6.94. The summed E-state index contributed by atoms with van der Waals surface area (Å²) < 4.78 is 0. The van der Waals surface area contributed by atoms with Gasteiger partial charge in [-0.15, -0.1) is 0 Å². The summed E-state index contributed by atoms with van der Waals surface area (Å²) >= 11 is 0. The van der Waals surface area contributed by atoms with E-state index in [1.54, 1.807) is 6.07 Å². The van der Waals surface area contributed by atoms with Gasteiger partial charge in [0, 0.05) is 18.4 Å². The number of hydrogen-bond acceptors (Lipinski definition) is 9. The van der Waals surface area contributed by atoms with Gasteiger partial charge < -0.3 is 37.2 Å². The molecule has 1 saturated carbocycles. The van der Waals surface area contributed by atoms with E-state index in [4.69, 9.17) is 11.5 Å². The summed E-state index contributed by atoms with van der Waals surface area (Å²) in [6.45, 7) is 11.1. The number of primary amides is 1. The number of allylic oxidation sites excluding steroid dienone is 5. The maximum absolute atomic E-state index is 14.0. The van der Waals surface area contributed by atoms with Gasteiger partial charge in [0.15, 0.2) is 11.4 Å². The van der Waals surface area contributed by atoms with Crippen molar-refractivity contribution in [1.82, 2.24) is 5.32 Å². The lowest BCUT2D eigenvalue weighted by molar-refractivity contribution is -0.148. The standard InChI is InChI=1S/C35H45N3O7/c1-6-8-10-21(19(5)13-14-38-18(3)4)22(9-7-2)23-11-12-25(39)27-24(23)17-34(37)16-20-15-26(40)28(33(36)44)31(42)35(20,45)32(43)29(34)30(27)41/h8-12,18,20,38-39,41-42,45H,6-7,13-17,37H2,1-5H3,(H2,36,44)/b10-8-,21-19-,22-9+/t20-,34+,35-/m1/s1. The topological polar surface area (TPSA) is 196 Å². The zero-order chi connectivity index (χ0) is 33.4. The average molecular weight is 620 g/mol. The molecule has 0 aromatic heterocycles. The number of carbonyl (C=O) groups is 3. The van der Waals surface area contributed by atoms with Crippen LogP contribution in [-0.2, 0) is 20.8 Å². The molecule has 1 fully saturated rings. The van der Waals surface area contributed by atoms with E-state index in [0.29, 0.717) is 18.0 Å². The Morgan fingerprint density at radius 3 is 2.44 bits per heavy atom. The largest absolute Gasteiger partial charge is 0.508 e. The minimum absolute atomic E-state index is 0.00408. The van der Waals surface area contributed by atoms with Gasteiger partial charge in [-0.3, -0.25) is 14.4 Å². The van der Waals surface area contributed by atoms with Crippen molar-refractivity contribution in [1.29, 1.82) is 0 Å². The second-order valence-corrected chi connectivity index (χ2v) is 12.6. The highest BCUT2D eigenvalue weighted by molar-refractivity contribution is 6.23. The monoisotopic (exact) mass is 619 g/mol. The average Bonchev–Trinajstić information content (AvgIpc) is 2.94. The van der Waals surface area contributed by atoms with Crippen LogP contribution >= 0.6 is 0 Å². The Morgan fingerprint density at radius 1 is 1.16 bits per heavy atom. The highest BCUT2D eigenvalue weighted by Crippen LogP contribution is 2.54. The molecule has 1 aromatic rings. The third-order valence-corrected chi connectivity index (χ3v) is 9.11. The van der Waals surface area contributed by atoms with Crippen LogP contribution < -0.4 is 16.8 Å². The van der Waals surface area contributed by atoms with Gasteiger partial charge in [-0.2, -0.15) is 0 Å². The molecule has 4 rings (SSSR count). The maximum Gasteiger partial charge on any atom is 0.255 e. The molecule has 0 saturated heterocycles. The Balaban J connectivity index is 1.95. The fraction of sp³-hybridized carbons (Fsp3) is 0.457. The van der Waals surface area contributed by atoms with Crippen molar-refractivity contribution < 1.29 is 34.8 Å². The first kappa shape index (κ1) is 33.9. The number of aliphatic hydroxyl groups excluding tert-OH is 2. The molecule has 0 spiro atoms. The molecule has 0 bridgehead atoms. The molecule has 0 unspecified atom stereocenters. The van der Waals surface area contributed by atoms with Crippen LogP contribution in [0.25, 0.3) is 11.3 Å². The van der Waals surface area contributed by atoms with Crippen molar-refractivity contribution in [3.63, 3.8) is 0 Å². The Morgan fingerprint density at radius 2 is 1.84 bits per heavy atom. The van der Waals surface area contributed by atoms with Crippen molar-refractivity contribution in [2.45, 2.75) is 90.3 Å². The van der Waals surface area contributed by atoms with Gasteiger partial charge in [0.25, 0.3) is 5.91 Å². The van der Waals surface area contributed by atoms with Crippen LogP contribution in [0.15, 0.2) is 58.4 Å². The predicted molar refractivity (Wildman–Crippen MR) is 173 cm³/mol. The smallest absolute Gasteiger partial charge is 0.255 e. The van der Waals surface area contributed by atoms with Gasteiger partial charge >= 0.3 is 0 Å². The lowest BCUT2D eigenvalue weighted by Crippen LogP contribution is -2.65. The number of benzene rings is 1. The first-order chi connectivity index (χ1) is 21.1. The predicted octanol–water partition coefficient (Wildman–Crippen LogP) is 3.97. The summed E-state index contributed by atoms with van der Waals surface area (Å²) in [5, 5.41) is 48.6. The molecular formula is C35H45N3O7. The van der Waals surface area contributed by atoms with Gasteiger partial charge in [-0.05, 0) is 73.9 Å². The molecule has 3 aliphatic rings. The molecular weight excluding hydrogens is 574 g/mol. The van der Waals surface area contributed by atoms with Crippen LogP contribution in [0.5, 0.6) is 5.75 Å². The van der Waals surface area contributed by atoms with Crippen molar-refractivity contribution >= 4 is 28.8 Å². The summed E-state index contributed by atoms with van der Waals surface area (Å²) in [5.74, 6) is -6.43. The van der Waals surface area contributed by atoms with Crippen LogP contribution in [0.4, 0.5) is 0 Å². The van der Waals surface area contributed by atoms with E-state index in [1.165, 1.54) is 6.07 Å². The minimum atomic E-state index is -2.69. The third-order valence-electron chi connectivity index (χ3n) is 9.11. The zero-order valence-corrected chi connectivity index (χ0v) is 26.7. The summed E-state index contributed by atoms with van der Waals surface area (Å²) in [4.78, 5) is 38.7. The molecule has 3 atom stereocenters. The number of nitrogens with two attached hydrogens (primary N) is 2. The van der Waals surface area contributed by atoms with Gasteiger partial charge in [0.2, 0.25) is 5.78 Å². The second kappa shape index (κ2) is 12.8. The molecule has 1 aromatic carbocycles. The lowest BCUT2D eigenvalue weighted by atomic mass is 9.56. The van der Waals surface area contributed by atoms with Crippen LogP contribution in [0.3, 0.4) is 0 Å². The van der Waals surface area contributed by atoms with E-state index in [9.17, 15) is 34.8 Å². The molecule has 45 heavy (non-hydrogen) atoms. The molecule has 0 radical (unpaired) electrons. The summed E-state index contributed by atoms with van der Waals surface area (Å²) in [6.07, 6.45) is 7.90. The zero-order valence-electron chi connectivity index (χ0n) is 26.7. The number of ketones is 2. The van der Waals surface area contributed by atoms with Gasteiger partial charge in [-0.25, -0.2) is 0 Å². The molecule has 10 nitrogen and oxygen atoms in total. The van der Waals surface area contributed by atoms with Gasteiger partial charge in [0.05, 0.1) is 16.7 Å². The first-order valence-electron chi connectivity index (χ1n) is 15.6. The van der Waals surface area contributed by atoms with Gasteiger partial charge in [-0.1, -0.05) is 57.6 Å². The van der Waals surface area contributed by atoms with Crippen LogP contribution in [-0.4, -0.2) is 61.6 Å². The van der Waals surface area contributed by atoms with Crippen LogP contribution in [0.2, 0.25) is 0 Å². The first-order valence-corrected chi connectivity index (χ1v) is 15.6. The van der Waals surface area contributed by atoms with Crippen molar-refractivity contribution in [3.8, 4) is 5.75 Å². The molecule has 1 amide bonds. The number of aromatic hydroxyl groups is 1. The highest BCUT2D eigenvalue weighted by atomic mass is 16.3. The highest BCUT2D eigenvalue weighted by Gasteiger charge is 2.64. The van der Waals surface area contributed by atoms with E-state index in [1.807, 2.05) is 6.92 Å². The van der Waals surface area contributed by atoms with E-state index in [2.05, 4.69) is 51.2 Å². The number of hydrogen-bond donors (Lipinski definition) is 7. The number of phenols is 1. The maximum atomic E-state index is 14.0. The van der Waals surface area contributed by atoms with Crippen molar-refractivity contribution in [2.24, 2.45) is 17.4 Å². The molecule has 0 aliphatic heterocycles. The normalized spacial score (nSPS) is 25.9. The number of phenolic OH excluding ortho intramolecular Hbond substituents is 1. The number of nitrogens with one attached hydrogen (secondary N) is 1. The number of aliphatic hydroxyl groups is 3. The van der Waals surface area contributed by atoms with E-state index < -0.39 is 58.0 Å². The van der Waals surface area contributed by atoms with Crippen molar-refractivity contribution in [3.05, 3.63) is 75.1 Å². The minimum Gasteiger partial charge on any atom is -0.508 e.